The van der Waals surface area contributed by atoms with Gasteiger partial charge in [0.15, 0.2) is 0 Å². The van der Waals surface area contributed by atoms with Crippen molar-refractivity contribution in [3.05, 3.63) is 28.7 Å². The van der Waals surface area contributed by atoms with Gasteiger partial charge in [0, 0.05) is 23.2 Å². The first-order chi connectivity index (χ1) is 7.31. The SMILES string of the molecule is NCC1COCCN1c1cccc(Br)c1. The van der Waals surface area contributed by atoms with E-state index in [0.29, 0.717) is 12.6 Å². The number of nitrogens with zero attached hydrogens (tertiary/aromatic N) is 1. The maximum Gasteiger partial charge on any atom is 0.0683 e. The van der Waals surface area contributed by atoms with Crippen LogP contribution in [0.2, 0.25) is 0 Å². The molecule has 0 amide bonds. The molecule has 3 nitrogen and oxygen atoms in total. The van der Waals surface area contributed by atoms with Crippen molar-refractivity contribution in [2.45, 2.75) is 6.04 Å². The molecule has 15 heavy (non-hydrogen) atoms. The van der Waals surface area contributed by atoms with E-state index in [9.17, 15) is 0 Å². The van der Waals surface area contributed by atoms with Gasteiger partial charge in [-0.05, 0) is 18.2 Å². The molecular weight excluding hydrogens is 256 g/mol. The van der Waals surface area contributed by atoms with Gasteiger partial charge in [0.05, 0.1) is 19.3 Å². The highest BCUT2D eigenvalue weighted by Crippen LogP contribution is 2.22. The third-order valence-electron chi connectivity index (χ3n) is 2.64. The van der Waals surface area contributed by atoms with Crippen molar-refractivity contribution in [1.29, 1.82) is 0 Å². The highest BCUT2D eigenvalue weighted by molar-refractivity contribution is 9.10. The van der Waals surface area contributed by atoms with Crippen LogP contribution in [0.15, 0.2) is 28.7 Å². The van der Waals surface area contributed by atoms with Crippen molar-refractivity contribution in [2.75, 3.05) is 31.2 Å². The van der Waals surface area contributed by atoms with Crippen molar-refractivity contribution in [2.24, 2.45) is 5.73 Å². The molecule has 2 rings (SSSR count). The van der Waals surface area contributed by atoms with Gasteiger partial charge in [-0.2, -0.15) is 0 Å². The molecule has 0 aromatic heterocycles. The van der Waals surface area contributed by atoms with Gasteiger partial charge in [-0.3, -0.25) is 0 Å². The Kier molecular flexibility index (Phi) is 3.61. The molecule has 1 aliphatic heterocycles. The van der Waals surface area contributed by atoms with Gasteiger partial charge in [0.1, 0.15) is 0 Å². The lowest BCUT2D eigenvalue weighted by Crippen LogP contribution is -2.49. The molecule has 1 aromatic rings. The smallest absolute Gasteiger partial charge is 0.0683 e. The van der Waals surface area contributed by atoms with Crippen LogP contribution in [0.3, 0.4) is 0 Å². The van der Waals surface area contributed by atoms with E-state index in [2.05, 4.69) is 33.0 Å². The van der Waals surface area contributed by atoms with Crippen molar-refractivity contribution >= 4 is 21.6 Å². The highest BCUT2D eigenvalue weighted by Gasteiger charge is 2.21. The van der Waals surface area contributed by atoms with E-state index >= 15 is 0 Å². The normalized spacial score (nSPS) is 21.7. The molecule has 1 aromatic carbocycles. The summed E-state index contributed by atoms with van der Waals surface area (Å²) >= 11 is 3.48. The largest absolute Gasteiger partial charge is 0.377 e. The Morgan fingerprint density at radius 2 is 2.40 bits per heavy atom. The zero-order chi connectivity index (χ0) is 10.7. The van der Waals surface area contributed by atoms with E-state index < -0.39 is 0 Å². The molecule has 1 aliphatic rings. The minimum atomic E-state index is 0.299. The standard InChI is InChI=1S/C11H15BrN2O/c12-9-2-1-3-10(6-9)14-4-5-15-8-11(14)7-13/h1-3,6,11H,4-5,7-8,13H2. The topological polar surface area (TPSA) is 38.5 Å². The summed E-state index contributed by atoms with van der Waals surface area (Å²) in [4.78, 5) is 2.31. The Labute approximate surface area is 98.3 Å². The first kappa shape index (κ1) is 10.9. The van der Waals surface area contributed by atoms with Crippen LogP contribution >= 0.6 is 15.9 Å². The summed E-state index contributed by atoms with van der Waals surface area (Å²) in [7, 11) is 0. The molecule has 1 saturated heterocycles. The Balaban J connectivity index is 2.20. The van der Waals surface area contributed by atoms with Gasteiger partial charge < -0.3 is 15.4 Å². The van der Waals surface area contributed by atoms with Crippen LogP contribution in [0.4, 0.5) is 5.69 Å². The molecule has 82 valence electrons. The lowest BCUT2D eigenvalue weighted by Gasteiger charge is -2.36. The number of rotatable bonds is 2. The van der Waals surface area contributed by atoms with E-state index in [-0.39, 0.29) is 0 Å². The van der Waals surface area contributed by atoms with E-state index in [1.807, 2.05) is 12.1 Å². The molecule has 1 atom stereocenters. The molecule has 0 radical (unpaired) electrons. The molecule has 4 heteroatoms. The summed E-state index contributed by atoms with van der Waals surface area (Å²) in [6.07, 6.45) is 0. The number of ether oxygens (including phenoxy) is 1. The van der Waals surface area contributed by atoms with Gasteiger partial charge >= 0.3 is 0 Å². The molecule has 1 fully saturated rings. The summed E-state index contributed by atoms with van der Waals surface area (Å²) in [6.45, 7) is 3.05. The van der Waals surface area contributed by atoms with Gasteiger partial charge in [-0.1, -0.05) is 22.0 Å². The minimum Gasteiger partial charge on any atom is -0.377 e. The van der Waals surface area contributed by atoms with Gasteiger partial charge in [-0.25, -0.2) is 0 Å². The molecule has 0 spiro atoms. The number of hydrogen-bond acceptors (Lipinski definition) is 3. The predicted octanol–water partition coefficient (Wildman–Crippen LogP) is 1.61. The van der Waals surface area contributed by atoms with Gasteiger partial charge in [0.25, 0.3) is 0 Å². The average molecular weight is 271 g/mol. The fourth-order valence-electron chi connectivity index (χ4n) is 1.84. The summed E-state index contributed by atoms with van der Waals surface area (Å²) in [5.74, 6) is 0. The number of halogens is 1. The fraction of sp³-hybridized carbons (Fsp3) is 0.455. The lowest BCUT2D eigenvalue weighted by molar-refractivity contribution is 0.0963. The predicted molar refractivity (Wildman–Crippen MR) is 65.1 cm³/mol. The van der Waals surface area contributed by atoms with Crippen LogP contribution in [-0.2, 0) is 4.74 Å². The fourth-order valence-corrected chi connectivity index (χ4v) is 2.23. The summed E-state index contributed by atoms with van der Waals surface area (Å²) < 4.78 is 6.52. The minimum absolute atomic E-state index is 0.299. The maximum atomic E-state index is 5.74. The summed E-state index contributed by atoms with van der Waals surface area (Å²) in [5.41, 5.74) is 6.95. The van der Waals surface area contributed by atoms with Crippen LogP contribution in [0.1, 0.15) is 0 Å². The second-order valence-corrected chi connectivity index (χ2v) is 4.55. The van der Waals surface area contributed by atoms with Crippen molar-refractivity contribution in [3.8, 4) is 0 Å². The number of nitrogens with two attached hydrogens (primary N) is 1. The van der Waals surface area contributed by atoms with Crippen LogP contribution in [0.25, 0.3) is 0 Å². The number of morpholine rings is 1. The van der Waals surface area contributed by atoms with Crippen molar-refractivity contribution in [1.82, 2.24) is 0 Å². The van der Waals surface area contributed by atoms with Crippen molar-refractivity contribution < 1.29 is 4.74 Å². The first-order valence-corrected chi connectivity index (χ1v) is 5.90. The van der Waals surface area contributed by atoms with Crippen LogP contribution in [0.5, 0.6) is 0 Å². The molecular formula is C11H15BrN2O. The Hall–Kier alpha value is -0.580. The highest BCUT2D eigenvalue weighted by atomic mass is 79.9. The van der Waals surface area contributed by atoms with Gasteiger partial charge in [-0.15, -0.1) is 0 Å². The average Bonchev–Trinajstić information content (AvgIpc) is 2.29. The molecule has 2 N–H and O–H groups in total. The maximum absolute atomic E-state index is 5.74. The lowest BCUT2D eigenvalue weighted by atomic mass is 10.2. The Morgan fingerprint density at radius 1 is 1.53 bits per heavy atom. The second kappa shape index (κ2) is 4.96. The third kappa shape index (κ3) is 2.51. The number of hydrogen-bond donors (Lipinski definition) is 1. The monoisotopic (exact) mass is 270 g/mol. The molecule has 1 heterocycles. The Bertz CT molecular complexity index is 332. The van der Waals surface area contributed by atoms with Crippen LogP contribution in [-0.4, -0.2) is 32.3 Å². The van der Waals surface area contributed by atoms with E-state index in [0.717, 1.165) is 24.2 Å². The van der Waals surface area contributed by atoms with Crippen LogP contribution < -0.4 is 10.6 Å². The second-order valence-electron chi connectivity index (χ2n) is 3.64. The molecule has 0 saturated carbocycles. The Morgan fingerprint density at radius 3 is 3.13 bits per heavy atom. The van der Waals surface area contributed by atoms with Crippen molar-refractivity contribution in [3.63, 3.8) is 0 Å². The first-order valence-electron chi connectivity index (χ1n) is 5.11. The number of anilines is 1. The molecule has 0 aliphatic carbocycles. The third-order valence-corrected chi connectivity index (χ3v) is 3.13. The molecule has 1 unspecified atom stereocenters. The number of benzene rings is 1. The van der Waals surface area contributed by atoms with E-state index in [1.54, 1.807) is 0 Å². The zero-order valence-electron chi connectivity index (χ0n) is 8.53. The quantitative estimate of drug-likeness (QED) is 0.888. The zero-order valence-corrected chi connectivity index (χ0v) is 10.1. The van der Waals surface area contributed by atoms with Crippen LogP contribution in [0, 0.1) is 0 Å². The summed E-state index contributed by atoms with van der Waals surface area (Å²) in [6, 6.07) is 8.60. The van der Waals surface area contributed by atoms with E-state index in [4.69, 9.17) is 10.5 Å². The molecule has 0 bridgehead atoms. The summed E-state index contributed by atoms with van der Waals surface area (Å²) in [5, 5.41) is 0. The van der Waals surface area contributed by atoms with Gasteiger partial charge in [0.2, 0.25) is 0 Å². The van der Waals surface area contributed by atoms with E-state index in [1.165, 1.54) is 5.69 Å².